The Morgan fingerprint density at radius 2 is 1.78 bits per heavy atom. The largest absolute Gasteiger partial charge is 0.457 e. The molecule has 36 heavy (non-hydrogen) atoms. The van der Waals surface area contributed by atoms with Gasteiger partial charge in [0.15, 0.2) is 5.76 Å². The van der Waals surface area contributed by atoms with E-state index >= 15 is 0 Å². The number of aliphatic hydroxyl groups excluding tert-OH is 1. The minimum Gasteiger partial charge on any atom is -0.457 e. The van der Waals surface area contributed by atoms with Gasteiger partial charge in [0.05, 0.1) is 6.04 Å². The zero-order chi connectivity index (χ0) is 26.6. The molecule has 1 aromatic carbocycles. The van der Waals surface area contributed by atoms with Gasteiger partial charge in [-0.3, -0.25) is 9.59 Å². The van der Waals surface area contributed by atoms with Crippen molar-refractivity contribution in [2.45, 2.75) is 85.3 Å². The van der Waals surface area contributed by atoms with Crippen molar-refractivity contribution in [2.75, 3.05) is 6.61 Å². The fourth-order valence-corrected chi connectivity index (χ4v) is 5.16. The van der Waals surface area contributed by atoms with E-state index in [-0.39, 0.29) is 18.3 Å². The number of benzene rings is 1. The molecule has 1 aromatic heterocycles. The highest BCUT2D eigenvalue weighted by atomic mass is 16.6. The van der Waals surface area contributed by atoms with Crippen LogP contribution in [0.1, 0.15) is 82.2 Å². The maximum atomic E-state index is 13.4. The Labute approximate surface area is 213 Å². The van der Waals surface area contributed by atoms with E-state index in [1.807, 2.05) is 45.0 Å². The molecule has 2 aromatic rings. The number of Topliss-reactive ketones (excluding diaryl/α,β-unsaturated/α-hetero) is 1. The molecule has 3 rings (SSSR count). The number of furan rings is 1. The van der Waals surface area contributed by atoms with Gasteiger partial charge in [-0.1, -0.05) is 56.5 Å². The maximum Gasteiger partial charge on any atom is 0.417 e. The minimum absolute atomic E-state index is 0.0355. The lowest BCUT2D eigenvalue weighted by atomic mass is 9.88. The summed E-state index contributed by atoms with van der Waals surface area (Å²) in [6, 6.07) is 9.23. The molecular formula is C29H39NO6. The number of unbranched alkanes of at least 4 members (excludes halogenated alkanes) is 3. The van der Waals surface area contributed by atoms with Gasteiger partial charge in [-0.05, 0) is 58.1 Å². The number of amides is 2. The molecule has 1 aliphatic rings. The fraction of sp³-hybridized carbons (Fsp3) is 0.552. The van der Waals surface area contributed by atoms with Crippen molar-refractivity contribution in [1.82, 2.24) is 4.90 Å². The van der Waals surface area contributed by atoms with E-state index in [0.29, 0.717) is 12.2 Å². The van der Waals surface area contributed by atoms with Crippen LogP contribution in [0, 0.1) is 18.8 Å². The van der Waals surface area contributed by atoms with Crippen molar-refractivity contribution in [1.29, 1.82) is 0 Å². The number of imide groups is 1. The Morgan fingerprint density at radius 3 is 2.42 bits per heavy atom. The maximum absolute atomic E-state index is 13.4. The summed E-state index contributed by atoms with van der Waals surface area (Å²) in [5.41, 5.74) is 2.04. The van der Waals surface area contributed by atoms with Gasteiger partial charge in [0.2, 0.25) is 11.7 Å². The van der Waals surface area contributed by atoms with Crippen molar-refractivity contribution >= 4 is 17.8 Å². The molecule has 0 spiro atoms. The van der Waals surface area contributed by atoms with Gasteiger partial charge in [0.25, 0.3) is 0 Å². The molecule has 2 atom stereocenters. The lowest BCUT2D eigenvalue weighted by Gasteiger charge is -2.31. The number of carbonyl (C=O) groups is 3. The summed E-state index contributed by atoms with van der Waals surface area (Å²) < 4.78 is 11.5. The van der Waals surface area contributed by atoms with Crippen LogP contribution in [-0.2, 0) is 16.0 Å². The highest BCUT2D eigenvalue weighted by Gasteiger charge is 2.53. The van der Waals surface area contributed by atoms with Crippen LogP contribution in [0.15, 0.2) is 34.7 Å². The average Bonchev–Trinajstić information content (AvgIpc) is 3.34. The van der Waals surface area contributed by atoms with Crippen LogP contribution in [0.2, 0.25) is 0 Å². The van der Waals surface area contributed by atoms with E-state index in [1.54, 1.807) is 19.9 Å². The normalized spacial score (nSPS) is 17.9. The van der Waals surface area contributed by atoms with Crippen LogP contribution >= 0.6 is 0 Å². The first-order valence-corrected chi connectivity index (χ1v) is 12.9. The first-order chi connectivity index (χ1) is 17.0. The Bertz CT molecular complexity index is 1100. The van der Waals surface area contributed by atoms with Crippen molar-refractivity contribution in [3.63, 3.8) is 0 Å². The molecule has 0 aliphatic carbocycles. The number of cyclic esters (lactones) is 1. The predicted octanol–water partition coefficient (Wildman–Crippen LogP) is 5.95. The smallest absolute Gasteiger partial charge is 0.417 e. The Kier molecular flexibility index (Phi) is 8.77. The van der Waals surface area contributed by atoms with Crippen LogP contribution in [0.3, 0.4) is 0 Å². The Hall–Kier alpha value is -2.93. The number of ketones is 1. The summed E-state index contributed by atoms with van der Waals surface area (Å²) in [6.45, 7) is 11.1. The monoisotopic (exact) mass is 497 g/mol. The van der Waals surface area contributed by atoms with Crippen molar-refractivity contribution in [3.05, 3.63) is 47.4 Å². The van der Waals surface area contributed by atoms with Gasteiger partial charge in [-0.25, -0.2) is 9.69 Å². The Balaban J connectivity index is 1.87. The fourth-order valence-electron chi connectivity index (χ4n) is 5.16. The van der Waals surface area contributed by atoms with Gasteiger partial charge < -0.3 is 14.3 Å². The SMILES string of the molecule is Cc1cccc(-c2cc(C(=O)[C@H](C)C(=O)N3C(=O)OC(C)(C)[C@@H]3C(C)C)oc2CCCCCCO)c1. The summed E-state index contributed by atoms with van der Waals surface area (Å²) in [5.74, 6) is -1.35. The number of carbonyl (C=O) groups excluding carboxylic acids is 3. The number of aliphatic hydroxyl groups is 1. The van der Waals surface area contributed by atoms with E-state index < -0.39 is 35.3 Å². The first kappa shape index (κ1) is 27.7. The van der Waals surface area contributed by atoms with E-state index in [1.165, 1.54) is 6.92 Å². The van der Waals surface area contributed by atoms with Crippen LogP contribution < -0.4 is 0 Å². The summed E-state index contributed by atoms with van der Waals surface area (Å²) in [7, 11) is 0. The second-order valence-corrected chi connectivity index (χ2v) is 10.7. The molecule has 1 fully saturated rings. The molecule has 2 amide bonds. The molecule has 0 bridgehead atoms. The van der Waals surface area contributed by atoms with Crippen molar-refractivity contribution in [2.24, 2.45) is 11.8 Å². The van der Waals surface area contributed by atoms with Crippen LogP contribution in [0.4, 0.5) is 4.79 Å². The molecule has 0 radical (unpaired) electrons. The van der Waals surface area contributed by atoms with E-state index in [0.717, 1.165) is 47.3 Å². The molecule has 0 saturated carbocycles. The first-order valence-electron chi connectivity index (χ1n) is 12.9. The third-order valence-corrected chi connectivity index (χ3v) is 6.86. The number of nitrogens with zero attached hydrogens (tertiary/aromatic N) is 1. The number of hydrogen-bond donors (Lipinski definition) is 1. The summed E-state index contributed by atoms with van der Waals surface area (Å²) in [4.78, 5) is 40.6. The van der Waals surface area contributed by atoms with Gasteiger partial charge in [0.1, 0.15) is 17.3 Å². The number of rotatable bonds is 11. The lowest BCUT2D eigenvalue weighted by Crippen LogP contribution is -2.50. The molecule has 0 unspecified atom stereocenters. The predicted molar refractivity (Wildman–Crippen MR) is 138 cm³/mol. The molecule has 7 nitrogen and oxygen atoms in total. The third kappa shape index (κ3) is 5.89. The molecule has 7 heteroatoms. The van der Waals surface area contributed by atoms with E-state index in [2.05, 4.69) is 0 Å². The van der Waals surface area contributed by atoms with Crippen molar-refractivity contribution in [3.8, 4) is 11.1 Å². The minimum atomic E-state index is -1.10. The topological polar surface area (TPSA) is 97.1 Å². The van der Waals surface area contributed by atoms with Gasteiger partial charge in [-0.2, -0.15) is 0 Å². The van der Waals surface area contributed by atoms with E-state index in [4.69, 9.17) is 14.3 Å². The van der Waals surface area contributed by atoms with Crippen LogP contribution in [0.5, 0.6) is 0 Å². The molecule has 196 valence electrons. The zero-order valence-electron chi connectivity index (χ0n) is 22.3. The average molecular weight is 498 g/mol. The second-order valence-electron chi connectivity index (χ2n) is 10.7. The van der Waals surface area contributed by atoms with Gasteiger partial charge in [-0.15, -0.1) is 0 Å². The zero-order valence-corrected chi connectivity index (χ0v) is 22.3. The number of ether oxygens (including phenoxy) is 1. The molecule has 1 aliphatic heterocycles. The summed E-state index contributed by atoms with van der Waals surface area (Å²) in [6.07, 6.45) is 3.42. The molecular weight excluding hydrogens is 458 g/mol. The second kappa shape index (κ2) is 11.4. The summed E-state index contributed by atoms with van der Waals surface area (Å²) >= 11 is 0. The molecule has 2 heterocycles. The quantitative estimate of drug-likeness (QED) is 0.234. The lowest BCUT2D eigenvalue weighted by molar-refractivity contribution is -0.132. The van der Waals surface area contributed by atoms with Crippen molar-refractivity contribution < 1.29 is 28.6 Å². The number of hydrogen-bond acceptors (Lipinski definition) is 6. The van der Waals surface area contributed by atoms with Gasteiger partial charge >= 0.3 is 6.09 Å². The highest BCUT2D eigenvalue weighted by molar-refractivity contribution is 6.12. The van der Waals surface area contributed by atoms with E-state index in [9.17, 15) is 14.4 Å². The standard InChI is InChI=1S/C29H39NO6/c1-18(2)26-29(5,6)36-28(34)30(26)27(33)20(4)25(32)24-17-22(21-13-11-12-19(3)16-21)23(35-24)14-9-7-8-10-15-31/h11-13,16-18,20,26,31H,7-10,14-15H2,1-6H3/t20-,26-/m0/s1. The number of aryl methyl sites for hydroxylation is 2. The highest BCUT2D eigenvalue weighted by Crippen LogP contribution is 2.36. The molecule has 1 N–H and O–H groups in total. The van der Waals surface area contributed by atoms with Crippen LogP contribution in [-0.4, -0.2) is 46.0 Å². The third-order valence-electron chi connectivity index (χ3n) is 6.86. The summed E-state index contributed by atoms with van der Waals surface area (Å²) in [5, 5.41) is 9.02. The van der Waals surface area contributed by atoms with Crippen LogP contribution in [0.25, 0.3) is 11.1 Å². The molecule has 1 saturated heterocycles. The Morgan fingerprint density at radius 1 is 1.08 bits per heavy atom. The van der Waals surface area contributed by atoms with Gasteiger partial charge in [0, 0.05) is 18.6 Å².